The van der Waals surface area contributed by atoms with Crippen LogP contribution in [0.3, 0.4) is 0 Å². The van der Waals surface area contributed by atoms with Crippen LogP contribution in [-0.4, -0.2) is 21.2 Å². The smallest absolute Gasteiger partial charge is 0.328 e. The summed E-state index contributed by atoms with van der Waals surface area (Å²) < 4.78 is 5.65. The molecule has 108 valence electrons. The molecule has 2 N–H and O–H groups in total. The molecule has 1 heterocycles. The van der Waals surface area contributed by atoms with Crippen molar-refractivity contribution in [1.29, 1.82) is 0 Å². The molecule has 0 bridgehead atoms. The van der Waals surface area contributed by atoms with E-state index >= 15 is 0 Å². The summed E-state index contributed by atoms with van der Waals surface area (Å²) in [5.74, 6) is -0.386. The van der Waals surface area contributed by atoms with Gasteiger partial charge in [0.1, 0.15) is 23.8 Å². The van der Waals surface area contributed by atoms with Crippen molar-refractivity contribution >= 4 is 12.0 Å². The highest BCUT2D eigenvalue weighted by Gasteiger charge is 2.05. The number of carboxylic acid groups (broad SMARTS) is 1. The molecule has 0 fully saturated rings. The van der Waals surface area contributed by atoms with Crippen molar-refractivity contribution < 1.29 is 19.7 Å². The number of pyridine rings is 1. The molecule has 2 aromatic rings. The molecule has 0 spiro atoms. The Morgan fingerprint density at radius 1 is 1.33 bits per heavy atom. The van der Waals surface area contributed by atoms with E-state index in [1.54, 1.807) is 30.3 Å². The van der Waals surface area contributed by atoms with Gasteiger partial charge in [0.25, 0.3) is 0 Å². The van der Waals surface area contributed by atoms with Crippen LogP contribution in [0.4, 0.5) is 0 Å². The lowest BCUT2D eigenvalue weighted by atomic mass is 10.2. The van der Waals surface area contributed by atoms with Gasteiger partial charge in [0.05, 0.1) is 0 Å². The Kier molecular flexibility index (Phi) is 4.56. The van der Waals surface area contributed by atoms with Crippen LogP contribution in [0.2, 0.25) is 0 Å². The van der Waals surface area contributed by atoms with E-state index < -0.39 is 5.97 Å². The van der Waals surface area contributed by atoms with Crippen molar-refractivity contribution in [2.75, 3.05) is 0 Å². The maximum absolute atomic E-state index is 10.6. The molecule has 0 radical (unpaired) electrons. The van der Waals surface area contributed by atoms with E-state index in [-0.39, 0.29) is 12.4 Å². The number of phenolic OH excluding ortho intramolecular Hbond substituents is 1. The number of hydrogen-bond acceptors (Lipinski definition) is 4. The van der Waals surface area contributed by atoms with Crippen molar-refractivity contribution in [1.82, 2.24) is 4.98 Å². The number of aliphatic carboxylic acids is 1. The molecule has 0 aliphatic rings. The fourth-order valence-electron chi connectivity index (χ4n) is 1.76. The Morgan fingerprint density at radius 3 is 2.86 bits per heavy atom. The molecular weight excluding hydrogens is 270 g/mol. The molecular formula is C16H15NO4. The SMILES string of the molecule is Cc1ccc(OCc2cccc(O)c2)c(/C=C/C(=O)O)n1. The second kappa shape index (κ2) is 6.56. The van der Waals surface area contributed by atoms with Crippen LogP contribution in [0, 0.1) is 6.92 Å². The van der Waals surface area contributed by atoms with Crippen LogP contribution < -0.4 is 4.74 Å². The zero-order valence-corrected chi connectivity index (χ0v) is 11.5. The quantitative estimate of drug-likeness (QED) is 0.826. The predicted molar refractivity (Wildman–Crippen MR) is 78.1 cm³/mol. The highest BCUT2D eigenvalue weighted by Crippen LogP contribution is 2.20. The molecule has 1 aromatic carbocycles. The van der Waals surface area contributed by atoms with Crippen LogP contribution in [0.15, 0.2) is 42.5 Å². The van der Waals surface area contributed by atoms with E-state index in [4.69, 9.17) is 9.84 Å². The van der Waals surface area contributed by atoms with Crippen molar-refractivity contribution in [2.45, 2.75) is 13.5 Å². The lowest BCUT2D eigenvalue weighted by molar-refractivity contribution is -0.131. The minimum absolute atomic E-state index is 0.170. The summed E-state index contributed by atoms with van der Waals surface area (Å²) in [4.78, 5) is 14.9. The monoisotopic (exact) mass is 285 g/mol. The van der Waals surface area contributed by atoms with Crippen molar-refractivity contribution in [2.24, 2.45) is 0 Å². The van der Waals surface area contributed by atoms with Crippen LogP contribution >= 0.6 is 0 Å². The molecule has 0 aliphatic heterocycles. The first-order valence-corrected chi connectivity index (χ1v) is 6.34. The van der Waals surface area contributed by atoms with Crippen LogP contribution in [-0.2, 0) is 11.4 Å². The summed E-state index contributed by atoms with van der Waals surface area (Å²) >= 11 is 0. The predicted octanol–water partition coefficient (Wildman–Crippen LogP) is 2.77. The van der Waals surface area contributed by atoms with Crippen molar-refractivity contribution in [3.05, 3.63) is 59.4 Å². The number of carboxylic acids is 1. The normalized spacial score (nSPS) is 10.7. The first-order valence-electron chi connectivity index (χ1n) is 6.34. The number of aromatic hydroxyl groups is 1. The van der Waals surface area contributed by atoms with E-state index in [0.29, 0.717) is 11.4 Å². The topological polar surface area (TPSA) is 79.7 Å². The fourth-order valence-corrected chi connectivity index (χ4v) is 1.76. The number of ether oxygens (including phenoxy) is 1. The number of nitrogens with zero attached hydrogens (tertiary/aromatic N) is 1. The standard InChI is InChI=1S/C16H15NO4/c1-11-5-7-15(14(17-11)6-8-16(19)20)21-10-12-3-2-4-13(18)9-12/h2-9,18H,10H2,1H3,(H,19,20)/b8-6+. The summed E-state index contributed by atoms with van der Waals surface area (Å²) in [6.07, 6.45) is 2.41. The molecule has 0 saturated heterocycles. The Morgan fingerprint density at radius 2 is 2.14 bits per heavy atom. The number of carbonyl (C=O) groups is 1. The number of aryl methyl sites for hydroxylation is 1. The highest BCUT2D eigenvalue weighted by molar-refractivity contribution is 5.85. The molecule has 0 aliphatic carbocycles. The number of phenols is 1. The van der Waals surface area contributed by atoms with Crippen LogP contribution in [0.5, 0.6) is 11.5 Å². The summed E-state index contributed by atoms with van der Waals surface area (Å²) in [6.45, 7) is 2.07. The second-order valence-corrected chi connectivity index (χ2v) is 4.47. The van der Waals surface area contributed by atoms with E-state index in [2.05, 4.69) is 4.98 Å². The van der Waals surface area contributed by atoms with Crippen LogP contribution in [0.25, 0.3) is 6.08 Å². The third kappa shape index (κ3) is 4.35. The molecule has 2 rings (SSSR count). The summed E-state index contributed by atoms with van der Waals surface area (Å²) in [5.41, 5.74) is 2.03. The number of benzene rings is 1. The Labute approximate surface area is 122 Å². The first-order chi connectivity index (χ1) is 10.0. The molecule has 5 nitrogen and oxygen atoms in total. The average molecular weight is 285 g/mol. The van der Waals surface area contributed by atoms with Gasteiger partial charge in [-0.25, -0.2) is 9.78 Å². The maximum atomic E-state index is 10.6. The minimum atomic E-state index is -1.04. The summed E-state index contributed by atoms with van der Waals surface area (Å²) in [7, 11) is 0. The molecule has 0 unspecified atom stereocenters. The van der Waals surface area contributed by atoms with E-state index in [9.17, 15) is 9.90 Å². The van der Waals surface area contributed by atoms with E-state index in [1.165, 1.54) is 6.08 Å². The lowest BCUT2D eigenvalue weighted by Gasteiger charge is -2.09. The Hall–Kier alpha value is -2.82. The third-order valence-corrected chi connectivity index (χ3v) is 2.71. The van der Waals surface area contributed by atoms with Gasteiger partial charge >= 0.3 is 5.97 Å². The van der Waals surface area contributed by atoms with Gasteiger partial charge in [-0.3, -0.25) is 0 Å². The molecule has 0 amide bonds. The number of hydrogen-bond donors (Lipinski definition) is 2. The average Bonchev–Trinajstić information content (AvgIpc) is 2.44. The van der Waals surface area contributed by atoms with E-state index in [0.717, 1.165) is 17.3 Å². The number of aromatic nitrogens is 1. The van der Waals surface area contributed by atoms with E-state index in [1.807, 2.05) is 13.0 Å². The zero-order chi connectivity index (χ0) is 15.2. The largest absolute Gasteiger partial charge is 0.508 e. The molecule has 1 aromatic heterocycles. The number of rotatable bonds is 5. The van der Waals surface area contributed by atoms with Gasteiger partial charge in [0.15, 0.2) is 0 Å². The molecule has 0 atom stereocenters. The molecule has 5 heteroatoms. The zero-order valence-electron chi connectivity index (χ0n) is 11.5. The van der Waals surface area contributed by atoms with Crippen molar-refractivity contribution in [3.8, 4) is 11.5 Å². The van der Waals surface area contributed by atoms with Gasteiger partial charge in [0, 0.05) is 11.8 Å². The maximum Gasteiger partial charge on any atom is 0.328 e. The van der Waals surface area contributed by atoms with Gasteiger partial charge < -0.3 is 14.9 Å². The van der Waals surface area contributed by atoms with Crippen LogP contribution in [0.1, 0.15) is 17.0 Å². The minimum Gasteiger partial charge on any atom is -0.508 e. The van der Waals surface area contributed by atoms with Gasteiger partial charge in [-0.2, -0.15) is 0 Å². The van der Waals surface area contributed by atoms with Gasteiger partial charge in [0.2, 0.25) is 0 Å². The van der Waals surface area contributed by atoms with Gasteiger partial charge in [-0.05, 0) is 42.8 Å². The summed E-state index contributed by atoms with van der Waals surface area (Å²) in [5, 5.41) is 18.1. The Bertz CT molecular complexity index is 680. The second-order valence-electron chi connectivity index (χ2n) is 4.47. The highest BCUT2D eigenvalue weighted by atomic mass is 16.5. The third-order valence-electron chi connectivity index (χ3n) is 2.71. The van der Waals surface area contributed by atoms with Gasteiger partial charge in [-0.1, -0.05) is 12.1 Å². The summed E-state index contributed by atoms with van der Waals surface area (Å²) in [6, 6.07) is 10.3. The molecule has 21 heavy (non-hydrogen) atoms. The lowest BCUT2D eigenvalue weighted by Crippen LogP contribution is -1.99. The fraction of sp³-hybridized carbons (Fsp3) is 0.125. The van der Waals surface area contributed by atoms with Crippen molar-refractivity contribution in [3.63, 3.8) is 0 Å². The molecule has 0 saturated carbocycles. The first kappa shape index (κ1) is 14.6. The Balaban J connectivity index is 2.17. The van der Waals surface area contributed by atoms with Gasteiger partial charge in [-0.15, -0.1) is 0 Å².